The highest BCUT2D eigenvalue weighted by molar-refractivity contribution is 5.91. The van der Waals surface area contributed by atoms with Crippen molar-refractivity contribution >= 4 is 11.6 Å². The van der Waals surface area contributed by atoms with E-state index in [1.807, 2.05) is 24.4 Å². The molecule has 1 aliphatic rings. The summed E-state index contributed by atoms with van der Waals surface area (Å²) >= 11 is 0. The number of amides is 1. The van der Waals surface area contributed by atoms with Crippen LogP contribution in [0.1, 0.15) is 44.1 Å². The Bertz CT molecular complexity index is 622. The molecule has 2 aromatic heterocycles. The van der Waals surface area contributed by atoms with Gasteiger partial charge in [-0.3, -0.25) is 14.8 Å². The third-order valence-corrected chi connectivity index (χ3v) is 4.70. The topological polar surface area (TPSA) is 54.9 Å². The van der Waals surface area contributed by atoms with Gasteiger partial charge in [0.15, 0.2) is 0 Å². The molecule has 2 aromatic rings. The van der Waals surface area contributed by atoms with E-state index in [4.69, 9.17) is 0 Å². The summed E-state index contributed by atoms with van der Waals surface area (Å²) in [6.45, 7) is 0. The van der Waals surface area contributed by atoms with Gasteiger partial charge in [-0.05, 0) is 48.4 Å². The van der Waals surface area contributed by atoms with Crippen LogP contribution >= 0.6 is 0 Å². The first-order valence-corrected chi connectivity index (χ1v) is 8.35. The Hall–Kier alpha value is -2.23. The van der Waals surface area contributed by atoms with Gasteiger partial charge in [0.1, 0.15) is 0 Å². The van der Waals surface area contributed by atoms with Crippen LogP contribution in [0.5, 0.6) is 0 Å². The monoisotopic (exact) mass is 309 g/mol. The number of hydrogen-bond donors (Lipinski definition) is 1. The zero-order valence-electron chi connectivity index (χ0n) is 13.4. The van der Waals surface area contributed by atoms with Crippen molar-refractivity contribution in [2.45, 2.75) is 44.9 Å². The van der Waals surface area contributed by atoms with Gasteiger partial charge in [-0.15, -0.1) is 0 Å². The van der Waals surface area contributed by atoms with Crippen molar-refractivity contribution in [2.24, 2.45) is 5.41 Å². The summed E-state index contributed by atoms with van der Waals surface area (Å²) in [5.41, 5.74) is 2.06. The van der Waals surface area contributed by atoms with Gasteiger partial charge >= 0.3 is 0 Å². The van der Waals surface area contributed by atoms with E-state index in [-0.39, 0.29) is 11.3 Å². The Labute approximate surface area is 137 Å². The molecule has 4 nitrogen and oxygen atoms in total. The van der Waals surface area contributed by atoms with Gasteiger partial charge in [0.2, 0.25) is 5.91 Å². The first kappa shape index (κ1) is 15.7. The van der Waals surface area contributed by atoms with Crippen molar-refractivity contribution < 1.29 is 4.79 Å². The predicted octanol–water partition coefficient (Wildman–Crippen LogP) is 4.00. The lowest BCUT2D eigenvalue weighted by Crippen LogP contribution is -2.32. The molecule has 0 saturated heterocycles. The summed E-state index contributed by atoms with van der Waals surface area (Å²) in [5.74, 6) is 0.0868. The van der Waals surface area contributed by atoms with E-state index in [1.54, 1.807) is 18.6 Å². The van der Waals surface area contributed by atoms with Crippen LogP contribution in [0.2, 0.25) is 0 Å². The molecule has 0 radical (unpaired) electrons. The molecule has 0 aromatic carbocycles. The van der Waals surface area contributed by atoms with Gasteiger partial charge < -0.3 is 5.32 Å². The molecule has 1 aliphatic carbocycles. The Balaban J connectivity index is 1.70. The highest BCUT2D eigenvalue weighted by atomic mass is 16.1. The SMILES string of the molecule is O=C(CC1(Cc2cccnc2)CCCCC1)Nc1cccnc1. The molecule has 3 rings (SSSR count). The molecule has 1 saturated carbocycles. The van der Waals surface area contributed by atoms with Gasteiger partial charge in [0, 0.05) is 25.0 Å². The Kier molecular flexibility index (Phi) is 5.01. The molecule has 1 fully saturated rings. The quantitative estimate of drug-likeness (QED) is 0.908. The van der Waals surface area contributed by atoms with Crippen LogP contribution in [0, 0.1) is 5.41 Å². The lowest BCUT2D eigenvalue weighted by molar-refractivity contribution is -0.119. The number of carbonyl (C=O) groups is 1. The molecule has 2 heterocycles. The van der Waals surface area contributed by atoms with Gasteiger partial charge in [0.25, 0.3) is 0 Å². The smallest absolute Gasteiger partial charge is 0.224 e. The Morgan fingerprint density at radius 1 is 1.04 bits per heavy atom. The van der Waals surface area contributed by atoms with Crippen LogP contribution in [0.4, 0.5) is 5.69 Å². The fraction of sp³-hybridized carbons (Fsp3) is 0.421. The van der Waals surface area contributed by atoms with Crippen LogP contribution in [0.15, 0.2) is 49.1 Å². The van der Waals surface area contributed by atoms with E-state index in [0.717, 1.165) is 24.9 Å². The average Bonchev–Trinajstić information content (AvgIpc) is 2.57. The minimum absolute atomic E-state index is 0.0631. The standard InChI is InChI=1S/C19H23N3O/c23-18(22-17-7-5-11-21-15-17)13-19(8-2-1-3-9-19)12-16-6-4-10-20-14-16/h4-7,10-11,14-15H,1-3,8-9,12-13H2,(H,22,23). The minimum Gasteiger partial charge on any atom is -0.325 e. The van der Waals surface area contributed by atoms with Gasteiger partial charge in [-0.25, -0.2) is 0 Å². The van der Waals surface area contributed by atoms with E-state index in [0.29, 0.717) is 6.42 Å². The van der Waals surface area contributed by atoms with E-state index in [2.05, 4.69) is 21.4 Å². The maximum absolute atomic E-state index is 12.5. The summed E-state index contributed by atoms with van der Waals surface area (Å²) in [5, 5.41) is 2.98. The highest BCUT2D eigenvalue weighted by Crippen LogP contribution is 2.42. The second-order valence-electron chi connectivity index (χ2n) is 6.57. The molecule has 0 unspecified atom stereocenters. The molecular weight excluding hydrogens is 286 g/mol. The molecule has 0 bridgehead atoms. The molecule has 1 amide bonds. The van der Waals surface area contributed by atoms with Gasteiger partial charge in [-0.2, -0.15) is 0 Å². The van der Waals surface area contributed by atoms with Crippen LogP contribution in [-0.2, 0) is 11.2 Å². The molecule has 23 heavy (non-hydrogen) atoms. The lowest BCUT2D eigenvalue weighted by atomic mass is 9.68. The number of carbonyl (C=O) groups excluding carboxylic acids is 1. The Morgan fingerprint density at radius 2 is 1.78 bits per heavy atom. The molecule has 1 N–H and O–H groups in total. The second kappa shape index (κ2) is 7.36. The number of rotatable bonds is 5. The minimum atomic E-state index is 0.0631. The molecule has 4 heteroatoms. The zero-order valence-corrected chi connectivity index (χ0v) is 13.4. The first-order chi connectivity index (χ1) is 11.3. The fourth-order valence-corrected chi connectivity index (χ4v) is 3.64. The molecule has 0 spiro atoms. The summed E-state index contributed by atoms with van der Waals surface area (Å²) < 4.78 is 0. The number of pyridine rings is 2. The third-order valence-electron chi connectivity index (χ3n) is 4.70. The molecule has 0 aliphatic heterocycles. The maximum Gasteiger partial charge on any atom is 0.224 e. The van der Waals surface area contributed by atoms with Gasteiger partial charge in [-0.1, -0.05) is 25.3 Å². The number of nitrogens with zero attached hydrogens (tertiary/aromatic N) is 2. The molecular formula is C19H23N3O. The largest absolute Gasteiger partial charge is 0.325 e. The highest BCUT2D eigenvalue weighted by Gasteiger charge is 2.34. The number of hydrogen-bond acceptors (Lipinski definition) is 3. The van der Waals surface area contributed by atoms with E-state index in [9.17, 15) is 4.79 Å². The summed E-state index contributed by atoms with van der Waals surface area (Å²) in [6.07, 6.45) is 14.5. The lowest BCUT2D eigenvalue weighted by Gasteiger charge is -2.37. The number of aromatic nitrogens is 2. The summed E-state index contributed by atoms with van der Waals surface area (Å²) in [6, 6.07) is 7.80. The van der Waals surface area contributed by atoms with Crippen molar-refractivity contribution in [1.29, 1.82) is 0 Å². The fourth-order valence-electron chi connectivity index (χ4n) is 3.64. The van der Waals surface area contributed by atoms with E-state index in [1.165, 1.54) is 24.8 Å². The summed E-state index contributed by atoms with van der Waals surface area (Å²) in [7, 11) is 0. The zero-order chi connectivity index (χ0) is 16.0. The van der Waals surface area contributed by atoms with Crippen molar-refractivity contribution in [3.63, 3.8) is 0 Å². The maximum atomic E-state index is 12.5. The van der Waals surface area contributed by atoms with Crippen molar-refractivity contribution in [2.75, 3.05) is 5.32 Å². The van der Waals surface area contributed by atoms with Crippen LogP contribution in [-0.4, -0.2) is 15.9 Å². The molecule has 120 valence electrons. The first-order valence-electron chi connectivity index (χ1n) is 8.35. The van der Waals surface area contributed by atoms with Crippen LogP contribution < -0.4 is 5.32 Å². The van der Waals surface area contributed by atoms with E-state index >= 15 is 0 Å². The summed E-state index contributed by atoms with van der Waals surface area (Å²) in [4.78, 5) is 20.8. The number of anilines is 1. The third kappa shape index (κ3) is 4.38. The normalized spacial score (nSPS) is 16.7. The van der Waals surface area contributed by atoms with Crippen LogP contribution in [0.25, 0.3) is 0 Å². The Morgan fingerprint density at radius 3 is 2.43 bits per heavy atom. The molecule has 0 atom stereocenters. The van der Waals surface area contributed by atoms with Crippen molar-refractivity contribution in [3.05, 3.63) is 54.6 Å². The van der Waals surface area contributed by atoms with Gasteiger partial charge in [0.05, 0.1) is 11.9 Å². The predicted molar refractivity (Wildman–Crippen MR) is 90.9 cm³/mol. The van der Waals surface area contributed by atoms with Crippen molar-refractivity contribution in [3.8, 4) is 0 Å². The average molecular weight is 309 g/mol. The number of nitrogens with one attached hydrogen (secondary N) is 1. The second-order valence-corrected chi connectivity index (χ2v) is 6.57. The van der Waals surface area contributed by atoms with Crippen LogP contribution in [0.3, 0.4) is 0 Å². The van der Waals surface area contributed by atoms with E-state index < -0.39 is 0 Å². The van der Waals surface area contributed by atoms with Crippen molar-refractivity contribution in [1.82, 2.24) is 9.97 Å².